The Morgan fingerprint density at radius 3 is 2.77 bits per heavy atom. The number of nitrogens with zero attached hydrogens (tertiary/aromatic N) is 2. The molecule has 0 radical (unpaired) electrons. The van der Waals surface area contributed by atoms with E-state index in [0.29, 0.717) is 0 Å². The van der Waals surface area contributed by atoms with Gasteiger partial charge in [-0.3, -0.25) is 0 Å². The molecule has 3 heteroatoms. The highest BCUT2D eigenvalue weighted by Gasteiger charge is 1.98. The maximum Gasteiger partial charge on any atom is 0.117 e. The predicted octanol–water partition coefficient (Wildman–Crippen LogP) is 1.89. The number of imidazole rings is 1. The Morgan fingerprint density at radius 2 is 2.15 bits per heavy atom. The standard InChI is InChI=1S/C10H10N2O/c1-8-4-9(6-10(13)5-8)12-3-2-11-7-12/h2-7,13H,1H3. The van der Waals surface area contributed by atoms with E-state index in [1.807, 2.05) is 23.8 Å². The molecule has 0 aliphatic carbocycles. The third kappa shape index (κ3) is 1.54. The summed E-state index contributed by atoms with van der Waals surface area (Å²) in [4.78, 5) is 3.94. The molecule has 2 aromatic rings. The summed E-state index contributed by atoms with van der Waals surface area (Å²) in [7, 11) is 0. The lowest BCUT2D eigenvalue weighted by Crippen LogP contribution is -1.89. The first kappa shape index (κ1) is 7.86. The summed E-state index contributed by atoms with van der Waals surface area (Å²) in [5.74, 6) is 0.281. The SMILES string of the molecule is Cc1cc(O)cc(-n2ccnc2)c1. The number of aryl methyl sites for hydroxylation is 1. The average molecular weight is 174 g/mol. The van der Waals surface area contributed by atoms with Gasteiger partial charge in [-0.2, -0.15) is 0 Å². The minimum absolute atomic E-state index is 0.281. The molecule has 0 fully saturated rings. The van der Waals surface area contributed by atoms with Crippen molar-refractivity contribution < 1.29 is 5.11 Å². The molecule has 2 rings (SSSR count). The van der Waals surface area contributed by atoms with Crippen LogP contribution in [0.3, 0.4) is 0 Å². The minimum Gasteiger partial charge on any atom is -0.508 e. The number of aromatic hydroxyl groups is 1. The van der Waals surface area contributed by atoms with E-state index in [1.165, 1.54) is 0 Å². The molecule has 1 heterocycles. The summed E-state index contributed by atoms with van der Waals surface area (Å²) in [6.07, 6.45) is 5.25. The molecule has 1 aromatic carbocycles. The molecule has 0 saturated carbocycles. The Bertz CT molecular complexity index is 387. The van der Waals surface area contributed by atoms with Crippen LogP contribution in [0.15, 0.2) is 36.9 Å². The van der Waals surface area contributed by atoms with Crippen molar-refractivity contribution in [1.29, 1.82) is 0 Å². The number of rotatable bonds is 1. The first-order chi connectivity index (χ1) is 6.25. The topological polar surface area (TPSA) is 38.0 Å². The summed E-state index contributed by atoms with van der Waals surface area (Å²) in [5, 5.41) is 9.36. The van der Waals surface area contributed by atoms with Crippen molar-refractivity contribution in [3.8, 4) is 11.4 Å². The predicted molar refractivity (Wildman–Crippen MR) is 50.0 cm³/mol. The minimum atomic E-state index is 0.281. The highest BCUT2D eigenvalue weighted by atomic mass is 16.3. The number of benzene rings is 1. The molecule has 0 amide bonds. The van der Waals surface area contributed by atoms with E-state index in [1.54, 1.807) is 24.7 Å². The number of phenolic OH excluding ortho intramolecular Hbond substituents is 1. The Balaban J connectivity index is 2.53. The zero-order chi connectivity index (χ0) is 9.26. The van der Waals surface area contributed by atoms with Crippen molar-refractivity contribution in [2.24, 2.45) is 0 Å². The van der Waals surface area contributed by atoms with E-state index in [4.69, 9.17) is 0 Å². The summed E-state index contributed by atoms with van der Waals surface area (Å²) < 4.78 is 1.85. The molecule has 66 valence electrons. The van der Waals surface area contributed by atoms with Crippen LogP contribution in [0.2, 0.25) is 0 Å². The Kier molecular flexibility index (Phi) is 1.77. The quantitative estimate of drug-likeness (QED) is 0.716. The summed E-state index contributed by atoms with van der Waals surface area (Å²) in [6, 6.07) is 5.41. The molecule has 0 atom stereocenters. The van der Waals surface area contributed by atoms with E-state index >= 15 is 0 Å². The summed E-state index contributed by atoms with van der Waals surface area (Å²) >= 11 is 0. The van der Waals surface area contributed by atoms with Gasteiger partial charge in [0.25, 0.3) is 0 Å². The van der Waals surface area contributed by atoms with Gasteiger partial charge in [0.1, 0.15) is 5.75 Å². The molecular formula is C10H10N2O. The highest BCUT2D eigenvalue weighted by molar-refractivity contribution is 5.42. The Morgan fingerprint density at radius 1 is 1.31 bits per heavy atom. The molecule has 1 N–H and O–H groups in total. The lowest BCUT2D eigenvalue weighted by Gasteiger charge is -2.03. The van der Waals surface area contributed by atoms with Crippen LogP contribution in [0.5, 0.6) is 5.75 Å². The number of aromatic nitrogens is 2. The van der Waals surface area contributed by atoms with Crippen molar-refractivity contribution in [2.45, 2.75) is 6.92 Å². The van der Waals surface area contributed by atoms with E-state index in [2.05, 4.69) is 4.98 Å². The van der Waals surface area contributed by atoms with Crippen molar-refractivity contribution in [1.82, 2.24) is 9.55 Å². The maximum absolute atomic E-state index is 9.36. The van der Waals surface area contributed by atoms with Crippen LogP contribution < -0.4 is 0 Å². The number of phenols is 1. The lowest BCUT2D eigenvalue weighted by molar-refractivity contribution is 0.474. The molecule has 1 aromatic heterocycles. The van der Waals surface area contributed by atoms with Gasteiger partial charge >= 0.3 is 0 Å². The van der Waals surface area contributed by atoms with Crippen LogP contribution in [0.4, 0.5) is 0 Å². The molecule has 3 nitrogen and oxygen atoms in total. The van der Waals surface area contributed by atoms with E-state index in [-0.39, 0.29) is 5.75 Å². The summed E-state index contributed by atoms with van der Waals surface area (Å²) in [6.45, 7) is 1.94. The lowest BCUT2D eigenvalue weighted by atomic mass is 10.2. The van der Waals surface area contributed by atoms with Gasteiger partial charge in [-0.25, -0.2) is 4.98 Å². The second kappa shape index (κ2) is 2.94. The molecule has 0 spiro atoms. The van der Waals surface area contributed by atoms with Gasteiger partial charge in [0.15, 0.2) is 0 Å². The van der Waals surface area contributed by atoms with Gasteiger partial charge in [0.05, 0.1) is 12.0 Å². The molecule has 0 bridgehead atoms. The van der Waals surface area contributed by atoms with Crippen LogP contribution in [0, 0.1) is 6.92 Å². The van der Waals surface area contributed by atoms with E-state index < -0.39 is 0 Å². The van der Waals surface area contributed by atoms with E-state index in [9.17, 15) is 5.11 Å². The van der Waals surface area contributed by atoms with E-state index in [0.717, 1.165) is 11.3 Å². The van der Waals surface area contributed by atoms with Crippen molar-refractivity contribution in [3.63, 3.8) is 0 Å². The highest BCUT2D eigenvalue weighted by Crippen LogP contribution is 2.17. The fourth-order valence-electron chi connectivity index (χ4n) is 1.30. The molecule has 13 heavy (non-hydrogen) atoms. The molecule has 0 unspecified atom stereocenters. The third-order valence-corrected chi connectivity index (χ3v) is 1.85. The van der Waals surface area contributed by atoms with Crippen molar-refractivity contribution >= 4 is 0 Å². The zero-order valence-electron chi connectivity index (χ0n) is 7.31. The van der Waals surface area contributed by atoms with Gasteiger partial charge < -0.3 is 9.67 Å². The van der Waals surface area contributed by atoms with Crippen molar-refractivity contribution in [3.05, 3.63) is 42.5 Å². The molecule has 0 aliphatic rings. The van der Waals surface area contributed by atoms with Crippen molar-refractivity contribution in [2.75, 3.05) is 0 Å². The van der Waals surface area contributed by atoms with Crippen LogP contribution in [-0.4, -0.2) is 14.7 Å². The van der Waals surface area contributed by atoms with Gasteiger partial charge in [-0.15, -0.1) is 0 Å². The second-order valence-corrected chi connectivity index (χ2v) is 3.00. The first-order valence-electron chi connectivity index (χ1n) is 4.05. The molecular weight excluding hydrogens is 164 g/mol. The van der Waals surface area contributed by atoms with Crippen LogP contribution in [0.25, 0.3) is 5.69 Å². The largest absolute Gasteiger partial charge is 0.508 e. The van der Waals surface area contributed by atoms with Gasteiger partial charge in [0, 0.05) is 18.5 Å². The smallest absolute Gasteiger partial charge is 0.117 e. The van der Waals surface area contributed by atoms with Gasteiger partial charge in [0.2, 0.25) is 0 Å². The Labute approximate surface area is 76.3 Å². The maximum atomic E-state index is 9.36. The average Bonchev–Trinajstić information content (AvgIpc) is 2.53. The molecule has 0 saturated heterocycles. The second-order valence-electron chi connectivity index (χ2n) is 3.00. The fraction of sp³-hybridized carbons (Fsp3) is 0.100. The van der Waals surface area contributed by atoms with Gasteiger partial charge in [-0.1, -0.05) is 0 Å². The third-order valence-electron chi connectivity index (χ3n) is 1.85. The van der Waals surface area contributed by atoms with Crippen LogP contribution in [-0.2, 0) is 0 Å². The number of hydrogen-bond acceptors (Lipinski definition) is 2. The summed E-state index contributed by atoms with van der Waals surface area (Å²) in [5.41, 5.74) is 1.96. The first-order valence-corrected chi connectivity index (χ1v) is 4.05. The normalized spacial score (nSPS) is 10.2. The van der Waals surface area contributed by atoms with Crippen LogP contribution in [0.1, 0.15) is 5.56 Å². The Hall–Kier alpha value is -1.77. The fourth-order valence-corrected chi connectivity index (χ4v) is 1.30. The van der Waals surface area contributed by atoms with Gasteiger partial charge in [-0.05, 0) is 24.6 Å². The zero-order valence-corrected chi connectivity index (χ0v) is 7.31. The number of hydrogen-bond donors (Lipinski definition) is 1. The van der Waals surface area contributed by atoms with Crippen LogP contribution >= 0.6 is 0 Å². The molecule has 0 aliphatic heterocycles. The monoisotopic (exact) mass is 174 g/mol.